The van der Waals surface area contributed by atoms with Crippen molar-refractivity contribution in [3.63, 3.8) is 0 Å². The van der Waals surface area contributed by atoms with E-state index in [0.717, 1.165) is 24.3 Å². The Morgan fingerprint density at radius 2 is 2.40 bits per heavy atom. The molecule has 2 aromatic heterocycles. The van der Waals surface area contributed by atoms with Crippen molar-refractivity contribution in [3.05, 3.63) is 36.3 Å². The van der Waals surface area contributed by atoms with Crippen LogP contribution in [0.25, 0.3) is 5.65 Å². The molecule has 0 amide bonds. The molecule has 4 nitrogen and oxygen atoms in total. The van der Waals surface area contributed by atoms with Crippen LogP contribution in [0.5, 0.6) is 0 Å². The maximum atomic E-state index is 9.76. The molecule has 4 heteroatoms. The summed E-state index contributed by atoms with van der Waals surface area (Å²) in [4.78, 5) is 4.49. The summed E-state index contributed by atoms with van der Waals surface area (Å²) in [5, 5.41) is 13.0. The second-order valence-corrected chi connectivity index (χ2v) is 3.92. The van der Waals surface area contributed by atoms with E-state index in [1.807, 2.05) is 35.0 Å². The number of imidazole rings is 1. The van der Waals surface area contributed by atoms with Crippen molar-refractivity contribution in [2.75, 3.05) is 6.54 Å². The van der Waals surface area contributed by atoms with Gasteiger partial charge in [0.15, 0.2) is 0 Å². The van der Waals surface area contributed by atoms with Gasteiger partial charge in [-0.3, -0.25) is 0 Å². The fourth-order valence-electron chi connectivity index (χ4n) is 2.10. The molecule has 1 saturated heterocycles. The van der Waals surface area contributed by atoms with Crippen molar-refractivity contribution in [2.45, 2.75) is 18.6 Å². The summed E-state index contributed by atoms with van der Waals surface area (Å²) >= 11 is 0. The van der Waals surface area contributed by atoms with Crippen molar-refractivity contribution in [2.24, 2.45) is 0 Å². The first-order chi connectivity index (χ1) is 7.34. The van der Waals surface area contributed by atoms with Gasteiger partial charge in [0.25, 0.3) is 0 Å². The van der Waals surface area contributed by atoms with Crippen molar-refractivity contribution >= 4 is 5.65 Å². The van der Waals surface area contributed by atoms with E-state index in [-0.39, 0.29) is 12.1 Å². The van der Waals surface area contributed by atoms with E-state index in [0.29, 0.717) is 0 Å². The van der Waals surface area contributed by atoms with Gasteiger partial charge < -0.3 is 14.8 Å². The lowest BCUT2D eigenvalue weighted by Crippen LogP contribution is -2.21. The molecule has 1 fully saturated rings. The standard InChI is InChI=1S/C11H13N3O/c15-9-4-5-12-11(9)8-7-14-6-2-1-3-10(14)13-8/h1-3,6-7,9,11-12,15H,4-5H2. The molecule has 0 aromatic carbocycles. The summed E-state index contributed by atoms with van der Waals surface area (Å²) in [6, 6.07) is 5.89. The van der Waals surface area contributed by atoms with Crippen LogP contribution in [-0.4, -0.2) is 27.1 Å². The molecule has 0 radical (unpaired) electrons. The first kappa shape index (κ1) is 8.88. The first-order valence-corrected chi connectivity index (χ1v) is 5.20. The largest absolute Gasteiger partial charge is 0.391 e. The van der Waals surface area contributed by atoms with Gasteiger partial charge in [-0.2, -0.15) is 0 Å². The van der Waals surface area contributed by atoms with E-state index in [2.05, 4.69) is 10.3 Å². The SMILES string of the molecule is OC1CCNC1c1cn2ccccc2n1. The number of pyridine rings is 1. The number of aliphatic hydroxyl groups is 1. The number of hydrogen-bond donors (Lipinski definition) is 2. The lowest BCUT2D eigenvalue weighted by atomic mass is 10.1. The topological polar surface area (TPSA) is 49.6 Å². The van der Waals surface area contributed by atoms with Gasteiger partial charge in [-0.25, -0.2) is 4.98 Å². The molecular weight excluding hydrogens is 190 g/mol. The number of aromatic nitrogens is 2. The number of hydrogen-bond acceptors (Lipinski definition) is 3. The zero-order valence-electron chi connectivity index (χ0n) is 8.30. The van der Waals surface area contributed by atoms with Gasteiger partial charge in [0.05, 0.1) is 17.8 Å². The van der Waals surface area contributed by atoms with Gasteiger partial charge in [-0.1, -0.05) is 6.07 Å². The minimum atomic E-state index is -0.310. The predicted octanol–water partition coefficient (Wildman–Crippen LogP) is 0.730. The van der Waals surface area contributed by atoms with Crippen molar-refractivity contribution in [1.82, 2.24) is 14.7 Å². The Morgan fingerprint density at radius 3 is 3.13 bits per heavy atom. The summed E-state index contributed by atoms with van der Waals surface area (Å²) < 4.78 is 1.97. The molecule has 0 saturated carbocycles. The average Bonchev–Trinajstić information content (AvgIpc) is 2.82. The van der Waals surface area contributed by atoms with Gasteiger partial charge in [0.1, 0.15) is 5.65 Å². The molecule has 78 valence electrons. The number of aliphatic hydroxyl groups excluding tert-OH is 1. The van der Waals surface area contributed by atoms with E-state index in [9.17, 15) is 5.11 Å². The molecule has 2 unspecified atom stereocenters. The van der Waals surface area contributed by atoms with E-state index in [4.69, 9.17) is 0 Å². The number of fused-ring (bicyclic) bond motifs is 1. The summed E-state index contributed by atoms with van der Waals surface area (Å²) in [5.74, 6) is 0. The van der Waals surface area contributed by atoms with E-state index in [1.54, 1.807) is 0 Å². The quantitative estimate of drug-likeness (QED) is 0.718. The van der Waals surface area contributed by atoms with Crippen LogP contribution in [0.15, 0.2) is 30.6 Å². The van der Waals surface area contributed by atoms with E-state index >= 15 is 0 Å². The van der Waals surface area contributed by atoms with Crippen LogP contribution in [0.4, 0.5) is 0 Å². The molecule has 1 aliphatic heterocycles. The molecule has 3 heterocycles. The van der Waals surface area contributed by atoms with Gasteiger partial charge in [-0.15, -0.1) is 0 Å². The van der Waals surface area contributed by atoms with Crippen LogP contribution in [0.2, 0.25) is 0 Å². The fourth-order valence-corrected chi connectivity index (χ4v) is 2.10. The maximum absolute atomic E-state index is 9.76. The average molecular weight is 203 g/mol. The van der Waals surface area contributed by atoms with Crippen molar-refractivity contribution in [1.29, 1.82) is 0 Å². The summed E-state index contributed by atoms with van der Waals surface area (Å²) in [6.45, 7) is 0.861. The molecule has 1 aliphatic rings. The van der Waals surface area contributed by atoms with Crippen molar-refractivity contribution < 1.29 is 5.11 Å². The Kier molecular flexibility index (Phi) is 1.97. The highest BCUT2D eigenvalue weighted by Crippen LogP contribution is 2.22. The maximum Gasteiger partial charge on any atom is 0.137 e. The molecule has 3 rings (SSSR count). The van der Waals surface area contributed by atoms with Crippen LogP contribution in [-0.2, 0) is 0 Å². The minimum absolute atomic E-state index is 0.00935. The zero-order chi connectivity index (χ0) is 10.3. The molecule has 0 spiro atoms. The van der Waals surface area contributed by atoms with Crippen LogP contribution in [0.3, 0.4) is 0 Å². The number of nitrogens with zero attached hydrogens (tertiary/aromatic N) is 2. The molecule has 0 aliphatic carbocycles. The van der Waals surface area contributed by atoms with E-state index in [1.165, 1.54) is 0 Å². The smallest absolute Gasteiger partial charge is 0.137 e. The first-order valence-electron chi connectivity index (χ1n) is 5.20. The minimum Gasteiger partial charge on any atom is -0.391 e. The number of rotatable bonds is 1. The van der Waals surface area contributed by atoms with Crippen molar-refractivity contribution in [3.8, 4) is 0 Å². The lowest BCUT2D eigenvalue weighted by Gasteiger charge is -2.10. The second-order valence-electron chi connectivity index (χ2n) is 3.92. The number of nitrogens with one attached hydrogen (secondary N) is 1. The summed E-state index contributed by atoms with van der Waals surface area (Å²) in [6.07, 6.45) is 4.43. The normalized spacial score (nSPS) is 26.2. The Bertz CT molecular complexity index is 446. The molecule has 15 heavy (non-hydrogen) atoms. The van der Waals surface area contributed by atoms with Gasteiger partial charge in [0.2, 0.25) is 0 Å². The Morgan fingerprint density at radius 1 is 1.47 bits per heavy atom. The monoisotopic (exact) mass is 203 g/mol. The highest BCUT2D eigenvalue weighted by Gasteiger charge is 2.27. The predicted molar refractivity (Wildman–Crippen MR) is 56.6 cm³/mol. The highest BCUT2D eigenvalue weighted by molar-refractivity contribution is 5.40. The lowest BCUT2D eigenvalue weighted by molar-refractivity contribution is 0.158. The molecular formula is C11H13N3O. The Hall–Kier alpha value is -1.39. The molecule has 2 atom stereocenters. The van der Waals surface area contributed by atoms with E-state index < -0.39 is 0 Å². The Labute approximate surface area is 87.6 Å². The third-order valence-electron chi connectivity index (χ3n) is 2.89. The molecule has 2 N–H and O–H groups in total. The van der Waals surface area contributed by atoms with Gasteiger partial charge >= 0.3 is 0 Å². The fraction of sp³-hybridized carbons (Fsp3) is 0.364. The Balaban J connectivity index is 2.04. The third kappa shape index (κ3) is 1.42. The second kappa shape index (κ2) is 3.32. The third-order valence-corrected chi connectivity index (χ3v) is 2.89. The molecule has 0 bridgehead atoms. The van der Waals surface area contributed by atoms with Crippen LogP contribution in [0, 0.1) is 0 Å². The highest BCUT2D eigenvalue weighted by atomic mass is 16.3. The summed E-state index contributed by atoms with van der Waals surface area (Å²) in [5.41, 5.74) is 1.85. The van der Waals surface area contributed by atoms with Crippen LogP contribution < -0.4 is 5.32 Å². The molecule has 2 aromatic rings. The van der Waals surface area contributed by atoms with Crippen LogP contribution in [0.1, 0.15) is 18.2 Å². The summed E-state index contributed by atoms with van der Waals surface area (Å²) in [7, 11) is 0. The van der Waals surface area contributed by atoms with Gasteiger partial charge in [-0.05, 0) is 25.1 Å². The van der Waals surface area contributed by atoms with Gasteiger partial charge in [0, 0.05) is 12.4 Å². The zero-order valence-corrected chi connectivity index (χ0v) is 8.30. The van der Waals surface area contributed by atoms with Crippen LogP contribution >= 0.6 is 0 Å².